The van der Waals surface area contributed by atoms with E-state index in [0.717, 1.165) is 12.1 Å². The molecule has 2 aromatic heterocycles. The molecule has 1 aromatic carbocycles. The maximum Gasteiger partial charge on any atom is 0.573 e. The predicted molar refractivity (Wildman–Crippen MR) is 76.6 cm³/mol. The minimum atomic E-state index is -4.74. The number of halogens is 3. The number of anilines is 2. The maximum atomic E-state index is 12.1. The highest BCUT2D eigenvalue weighted by Crippen LogP contribution is 2.25. The largest absolute Gasteiger partial charge is 0.573 e. The first kappa shape index (κ1) is 14.8. The third-order valence-corrected chi connectivity index (χ3v) is 2.91. The van der Waals surface area contributed by atoms with Crippen molar-refractivity contribution in [2.24, 2.45) is 0 Å². The number of alkyl halides is 3. The minimum absolute atomic E-state index is 0.251. The topological polar surface area (TPSA) is 79.9 Å². The van der Waals surface area contributed by atoms with Gasteiger partial charge in [0.25, 0.3) is 5.56 Å². The molecule has 2 heterocycles. The molecule has 9 heteroatoms. The molecular formula is C14H9F3N4O2. The summed E-state index contributed by atoms with van der Waals surface area (Å²) >= 11 is 0. The first-order chi connectivity index (χ1) is 10.9. The van der Waals surface area contributed by atoms with Crippen LogP contribution in [-0.4, -0.2) is 21.3 Å². The third kappa shape index (κ3) is 3.39. The number of hydrogen-bond donors (Lipinski definition) is 2. The van der Waals surface area contributed by atoms with Crippen molar-refractivity contribution >= 4 is 22.4 Å². The van der Waals surface area contributed by atoms with Gasteiger partial charge in [-0.15, -0.1) is 13.2 Å². The van der Waals surface area contributed by atoms with E-state index in [1.165, 1.54) is 24.7 Å². The van der Waals surface area contributed by atoms with Crippen LogP contribution >= 0.6 is 0 Å². The molecule has 0 radical (unpaired) electrons. The van der Waals surface area contributed by atoms with Crippen LogP contribution in [0.25, 0.3) is 10.9 Å². The zero-order valence-electron chi connectivity index (χ0n) is 11.4. The van der Waals surface area contributed by atoms with E-state index in [0.29, 0.717) is 11.2 Å². The van der Waals surface area contributed by atoms with Gasteiger partial charge in [-0.3, -0.25) is 4.79 Å². The lowest BCUT2D eigenvalue weighted by atomic mass is 10.2. The molecule has 2 N–H and O–H groups in total. The number of fused-ring (bicyclic) bond motifs is 1. The van der Waals surface area contributed by atoms with Crippen LogP contribution in [0.1, 0.15) is 0 Å². The van der Waals surface area contributed by atoms with Crippen molar-refractivity contribution in [2.75, 3.05) is 5.32 Å². The number of ether oxygens (including phenoxy) is 1. The summed E-state index contributed by atoms with van der Waals surface area (Å²) in [5.41, 5.74) is 0.522. The van der Waals surface area contributed by atoms with Gasteiger partial charge in [-0.25, -0.2) is 9.97 Å². The Balaban J connectivity index is 1.90. The highest BCUT2D eigenvalue weighted by Gasteiger charge is 2.30. The van der Waals surface area contributed by atoms with Crippen molar-refractivity contribution < 1.29 is 17.9 Å². The van der Waals surface area contributed by atoms with Gasteiger partial charge in [0.2, 0.25) is 0 Å². The maximum absolute atomic E-state index is 12.1. The lowest BCUT2D eigenvalue weighted by molar-refractivity contribution is -0.274. The van der Waals surface area contributed by atoms with Gasteiger partial charge >= 0.3 is 6.36 Å². The fourth-order valence-corrected chi connectivity index (χ4v) is 1.99. The van der Waals surface area contributed by atoms with Gasteiger partial charge in [-0.1, -0.05) is 0 Å². The van der Waals surface area contributed by atoms with Crippen molar-refractivity contribution in [2.45, 2.75) is 6.36 Å². The molecule has 0 saturated heterocycles. The number of H-pyrrole nitrogens is 1. The molecule has 0 saturated carbocycles. The number of aromatic amines is 1. The molecule has 0 amide bonds. The SMILES string of the molecule is O=c1[nH]ccc2ncnc(Nc3ccc(OC(F)(F)F)cc3)c12. The number of nitrogens with one attached hydrogen (secondary N) is 2. The molecule has 118 valence electrons. The van der Waals surface area contributed by atoms with Gasteiger partial charge < -0.3 is 15.0 Å². The number of nitrogens with zero attached hydrogens (tertiary/aromatic N) is 2. The first-order valence-electron chi connectivity index (χ1n) is 6.37. The van der Waals surface area contributed by atoms with Crippen molar-refractivity contribution in [3.05, 3.63) is 53.2 Å². The van der Waals surface area contributed by atoms with Crippen molar-refractivity contribution in [1.82, 2.24) is 15.0 Å². The molecule has 3 aromatic rings. The lowest BCUT2D eigenvalue weighted by Gasteiger charge is -2.10. The Morgan fingerprint density at radius 1 is 1.09 bits per heavy atom. The van der Waals surface area contributed by atoms with Crippen LogP contribution in [0.3, 0.4) is 0 Å². The van der Waals surface area contributed by atoms with E-state index in [1.807, 2.05) is 0 Å². The van der Waals surface area contributed by atoms with Crippen LogP contribution in [0.4, 0.5) is 24.7 Å². The van der Waals surface area contributed by atoms with Gasteiger partial charge in [-0.2, -0.15) is 0 Å². The van der Waals surface area contributed by atoms with E-state index >= 15 is 0 Å². The third-order valence-electron chi connectivity index (χ3n) is 2.91. The number of benzene rings is 1. The summed E-state index contributed by atoms with van der Waals surface area (Å²) in [4.78, 5) is 22.4. The van der Waals surface area contributed by atoms with Crippen molar-refractivity contribution in [3.63, 3.8) is 0 Å². The zero-order chi connectivity index (χ0) is 16.4. The van der Waals surface area contributed by atoms with E-state index in [2.05, 4.69) is 25.0 Å². The summed E-state index contributed by atoms with van der Waals surface area (Å²) in [5, 5.41) is 3.13. The van der Waals surface area contributed by atoms with Gasteiger partial charge in [0.15, 0.2) is 0 Å². The summed E-state index contributed by atoms with van der Waals surface area (Å²) in [6.07, 6.45) is -2.00. The van der Waals surface area contributed by atoms with E-state index in [9.17, 15) is 18.0 Å². The Hall–Kier alpha value is -3.10. The van der Waals surface area contributed by atoms with E-state index in [-0.39, 0.29) is 22.5 Å². The Kier molecular flexibility index (Phi) is 3.61. The molecule has 6 nitrogen and oxygen atoms in total. The lowest BCUT2D eigenvalue weighted by Crippen LogP contribution is -2.17. The monoisotopic (exact) mass is 322 g/mol. The van der Waals surface area contributed by atoms with E-state index < -0.39 is 6.36 Å². The number of rotatable bonds is 3. The van der Waals surface area contributed by atoms with Crippen LogP contribution in [0.5, 0.6) is 5.75 Å². The van der Waals surface area contributed by atoms with Crippen LogP contribution in [-0.2, 0) is 0 Å². The van der Waals surface area contributed by atoms with Crippen LogP contribution < -0.4 is 15.6 Å². The molecule has 0 atom stereocenters. The highest BCUT2D eigenvalue weighted by atomic mass is 19.4. The molecule has 0 aliphatic rings. The highest BCUT2D eigenvalue weighted by molar-refractivity contribution is 5.89. The smallest absolute Gasteiger partial charge is 0.406 e. The number of aromatic nitrogens is 3. The van der Waals surface area contributed by atoms with E-state index in [4.69, 9.17) is 0 Å². The molecule has 0 fully saturated rings. The minimum Gasteiger partial charge on any atom is -0.406 e. The standard InChI is InChI=1S/C14H9F3N4O2/c15-14(16,17)23-9-3-1-8(2-4-9)21-12-11-10(19-7-20-12)5-6-18-13(11)22/h1-7H,(H,18,22)(H,19,20,21). The van der Waals surface area contributed by atoms with Crippen molar-refractivity contribution in [1.29, 1.82) is 0 Å². The molecule has 0 bridgehead atoms. The summed E-state index contributed by atoms with van der Waals surface area (Å²) in [5.74, 6) is -0.0882. The van der Waals surface area contributed by atoms with Gasteiger partial charge in [0, 0.05) is 11.9 Å². The molecule has 3 rings (SSSR count). The molecular weight excluding hydrogens is 313 g/mol. The molecule has 0 unspecified atom stereocenters. The average molecular weight is 322 g/mol. The predicted octanol–water partition coefficient (Wildman–Crippen LogP) is 2.96. The van der Waals surface area contributed by atoms with E-state index in [1.54, 1.807) is 6.07 Å². The summed E-state index contributed by atoms with van der Waals surface area (Å²) < 4.78 is 40.1. The quantitative estimate of drug-likeness (QED) is 0.775. The van der Waals surface area contributed by atoms with Crippen LogP contribution in [0, 0.1) is 0 Å². The molecule has 0 aliphatic heterocycles. The normalized spacial score (nSPS) is 11.4. The Bertz CT molecular complexity index is 886. The fraction of sp³-hybridized carbons (Fsp3) is 0.0714. The van der Waals surface area contributed by atoms with Crippen molar-refractivity contribution in [3.8, 4) is 5.75 Å². The summed E-state index contributed by atoms with van der Waals surface area (Å²) in [7, 11) is 0. The van der Waals surface area contributed by atoms with Crippen LogP contribution in [0.2, 0.25) is 0 Å². The second-order valence-corrected chi connectivity index (χ2v) is 4.49. The zero-order valence-corrected chi connectivity index (χ0v) is 11.4. The Morgan fingerprint density at radius 3 is 2.52 bits per heavy atom. The fourth-order valence-electron chi connectivity index (χ4n) is 1.99. The number of hydrogen-bond acceptors (Lipinski definition) is 5. The molecule has 0 aliphatic carbocycles. The Morgan fingerprint density at radius 2 is 1.83 bits per heavy atom. The first-order valence-corrected chi connectivity index (χ1v) is 6.37. The second kappa shape index (κ2) is 5.59. The summed E-state index contributed by atoms with van der Waals surface area (Å²) in [6.45, 7) is 0. The second-order valence-electron chi connectivity index (χ2n) is 4.49. The van der Waals surface area contributed by atoms with Gasteiger partial charge in [-0.05, 0) is 30.3 Å². The number of pyridine rings is 1. The van der Waals surface area contributed by atoms with Gasteiger partial charge in [0.05, 0.1) is 5.52 Å². The van der Waals surface area contributed by atoms with Crippen LogP contribution in [0.15, 0.2) is 47.7 Å². The molecule has 0 spiro atoms. The summed E-state index contributed by atoms with van der Waals surface area (Å²) in [6, 6.07) is 6.69. The Labute approximate surface area is 127 Å². The molecule has 23 heavy (non-hydrogen) atoms. The van der Waals surface area contributed by atoms with Gasteiger partial charge in [0.1, 0.15) is 23.3 Å². The average Bonchev–Trinajstić information content (AvgIpc) is 2.48.